The number of rotatable bonds is 4. The van der Waals surface area contributed by atoms with E-state index in [1.54, 1.807) is 0 Å². The zero-order valence-corrected chi connectivity index (χ0v) is 9.52. The highest BCUT2D eigenvalue weighted by molar-refractivity contribution is 6.14. The molecule has 0 atom stereocenters. The molecule has 0 aromatic carbocycles. The summed E-state index contributed by atoms with van der Waals surface area (Å²) in [4.78, 5) is 35.7. The van der Waals surface area contributed by atoms with Crippen LogP contribution in [0.5, 0.6) is 0 Å². The zero-order valence-electron chi connectivity index (χ0n) is 9.52. The Morgan fingerprint density at radius 2 is 2.11 bits per heavy atom. The van der Waals surface area contributed by atoms with Gasteiger partial charge in [-0.05, 0) is 9.91 Å². The summed E-state index contributed by atoms with van der Waals surface area (Å²) in [6.45, 7) is 0. The normalized spacial score (nSPS) is 10.9. The van der Waals surface area contributed by atoms with Crippen LogP contribution in [0.3, 0.4) is 0 Å². The summed E-state index contributed by atoms with van der Waals surface area (Å²) in [5.41, 5.74) is -0.245. The molecule has 1 heterocycles. The zero-order chi connectivity index (χ0) is 13.7. The van der Waals surface area contributed by atoms with Gasteiger partial charge in [0.1, 0.15) is 11.9 Å². The van der Waals surface area contributed by atoms with Crippen molar-refractivity contribution < 1.29 is 24.0 Å². The number of carbonyl (C=O) groups is 2. The van der Waals surface area contributed by atoms with Gasteiger partial charge in [0.2, 0.25) is 6.33 Å². The summed E-state index contributed by atoms with van der Waals surface area (Å²) < 4.78 is 9.81. The van der Waals surface area contributed by atoms with Gasteiger partial charge in [-0.3, -0.25) is 4.57 Å². The van der Waals surface area contributed by atoms with E-state index in [0.717, 1.165) is 37.4 Å². The molecular weight excluding hydrogens is 246 g/mol. The van der Waals surface area contributed by atoms with Crippen molar-refractivity contribution in [1.29, 1.82) is 0 Å². The second-order valence-corrected chi connectivity index (χ2v) is 2.94. The maximum Gasteiger partial charge on any atom is 0.381 e. The molecule has 0 aliphatic heterocycles. The van der Waals surface area contributed by atoms with Crippen molar-refractivity contribution >= 4 is 23.5 Å². The van der Waals surface area contributed by atoms with Crippen LogP contribution in [0.2, 0.25) is 0 Å². The first-order chi connectivity index (χ1) is 8.49. The smallest absolute Gasteiger partial charge is 0.381 e. The van der Waals surface area contributed by atoms with Crippen LogP contribution in [-0.4, -0.2) is 40.6 Å². The molecule has 0 amide bonds. The summed E-state index contributed by atoms with van der Waals surface area (Å²) in [6.07, 6.45) is 2.84. The number of methoxy groups -OCH3 is 2. The van der Waals surface area contributed by atoms with Crippen LogP contribution in [0.4, 0.5) is 5.82 Å². The number of hydrogen-bond donors (Lipinski definition) is 0. The third-order valence-electron chi connectivity index (χ3n) is 1.88. The fourth-order valence-electron chi connectivity index (χ4n) is 1.05. The van der Waals surface area contributed by atoms with Crippen molar-refractivity contribution in [3.8, 4) is 0 Å². The van der Waals surface area contributed by atoms with Crippen molar-refractivity contribution in [1.82, 2.24) is 9.55 Å². The molecule has 0 bridgehead atoms. The molecule has 0 fully saturated rings. The number of nitrogens with zero attached hydrogens (tertiary/aromatic N) is 3. The summed E-state index contributed by atoms with van der Waals surface area (Å²) in [7, 11) is 2.24. The van der Waals surface area contributed by atoms with Crippen molar-refractivity contribution in [3.63, 3.8) is 0 Å². The number of hydrogen-bond acceptors (Lipinski definition) is 7. The number of nitro groups is 1. The highest BCUT2D eigenvalue weighted by Crippen LogP contribution is 2.13. The van der Waals surface area contributed by atoms with Gasteiger partial charge >= 0.3 is 17.8 Å². The second-order valence-electron chi connectivity index (χ2n) is 2.94. The Morgan fingerprint density at radius 3 is 2.56 bits per heavy atom. The number of imidazole rings is 1. The lowest BCUT2D eigenvalue weighted by molar-refractivity contribution is -0.389. The molecule has 0 saturated heterocycles. The van der Waals surface area contributed by atoms with E-state index in [0.29, 0.717) is 0 Å². The second kappa shape index (κ2) is 5.57. The van der Waals surface area contributed by atoms with Gasteiger partial charge in [-0.15, -0.1) is 0 Å². The van der Waals surface area contributed by atoms with E-state index >= 15 is 0 Å². The van der Waals surface area contributed by atoms with E-state index in [-0.39, 0.29) is 5.70 Å². The number of carbonyl (C=O) groups excluding carboxylic acids is 2. The minimum atomic E-state index is -0.854. The molecule has 1 aromatic rings. The van der Waals surface area contributed by atoms with Crippen LogP contribution >= 0.6 is 0 Å². The summed E-state index contributed by atoms with van der Waals surface area (Å²) in [5.74, 6) is -2.12. The molecule has 0 N–H and O–H groups in total. The van der Waals surface area contributed by atoms with E-state index in [4.69, 9.17) is 0 Å². The number of esters is 2. The van der Waals surface area contributed by atoms with E-state index < -0.39 is 22.7 Å². The Balaban J connectivity index is 3.17. The predicted octanol–water partition coefficient (Wildman–Crippen LogP) is -0.0218. The lowest BCUT2D eigenvalue weighted by Crippen LogP contribution is -2.12. The molecule has 18 heavy (non-hydrogen) atoms. The van der Waals surface area contributed by atoms with Crippen LogP contribution in [0.15, 0.2) is 18.6 Å². The first-order valence-corrected chi connectivity index (χ1v) is 4.56. The van der Waals surface area contributed by atoms with Gasteiger partial charge in [0.05, 0.1) is 20.3 Å². The molecule has 0 aliphatic carbocycles. The largest absolute Gasteiger partial charge is 0.466 e. The van der Waals surface area contributed by atoms with Gasteiger partial charge in [0, 0.05) is 0 Å². The van der Waals surface area contributed by atoms with E-state index in [2.05, 4.69) is 14.5 Å². The molecule has 1 rings (SSSR count). The van der Waals surface area contributed by atoms with Gasteiger partial charge in [0.15, 0.2) is 0 Å². The van der Waals surface area contributed by atoms with Gasteiger partial charge in [-0.2, -0.15) is 0 Å². The fraction of sp³-hybridized carbons (Fsp3) is 0.222. The van der Waals surface area contributed by atoms with Crippen molar-refractivity contribution in [2.75, 3.05) is 14.2 Å². The van der Waals surface area contributed by atoms with Gasteiger partial charge in [-0.25, -0.2) is 9.59 Å². The van der Waals surface area contributed by atoms with Crippen molar-refractivity contribution in [3.05, 3.63) is 28.7 Å². The van der Waals surface area contributed by atoms with Crippen LogP contribution in [0, 0.1) is 10.1 Å². The SMILES string of the molecule is COC(=O)/C=C(\C(=O)OC)n1cnc([N+](=O)[O-])c1. The lowest BCUT2D eigenvalue weighted by atomic mass is 10.4. The molecule has 1 aromatic heterocycles. The first-order valence-electron chi connectivity index (χ1n) is 4.56. The Morgan fingerprint density at radius 1 is 1.44 bits per heavy atom. The Bertz CT molecular complexity index is 518. The van der Waals surface area contributed by atoms with E-state index in [1.807, 2.05) is 0 Å². The molecule has 9 heteroatoms. The molecule has 96 valence electrons. The molecular formula is C9H9N3O6. The molecule has 0 saturated carbocycles. The maximum atomic E-state index is 11.4. The highest BCUT2D eigenvalue weighted by Gasteiger charge is 2.19. The van der Waals surface area contributed by atoms with E-state index in [9.17, 15) is 19.7 Å². The quantitative estimate of drug-likeness (QED) is 0.321. The lowest BCUT2D eigenvalue weighted by Gasteiger charge is -2.03. The Hall–Kier alpha value is -2.71. The van der Waals surface area contributed by atoms with Gasteiger partial charge in [0.25, 0.3) is 0 Å². The standard InChI is InChI=1S/C9H9N3O6/c1-17-8(13)3-6(9(14)18-2)11-4-7(10-5-11)12(15)16/h3-5H,1-2H3/b6-3+. The molecule has 0 unspecified atom stereocenters. The van der Waals surface area contributed by atoms with Crippen LogP contribution in [-0.2, 0) is 19.1 Å². The monoisotopic (exact) mass is 255 g/mol. The maximum absolute atomic E-state index is 11.4. The molecule has 0 spiro atoms. The number of aromatic nitrogens is 2. The minimum Gasteiger partial charge on any atom is -0.466 e. The first kappa shape index (κ1) is 13.4. The van der Waals surface area contributed by atoms with Crippen molar-refractivity contribution in [2.24, 2.45) is 0 Å². The van der Waals surface area contributed by atoms with Crippen LogP contribution in [0.1, 0.15) is 0 Å². The predicted molar refractivity (Wildman–Crippen MR) is 57.2 cm³/mol. The summed E-state index contributed by atoms with van der Waals surface area (Å²) in [6, 6.07) is 0. The van der Waals surface area contributed by atoms with Crippen molar-refractivity contribution in [2.45, 2.75) is 0 Å². The Kier molecular flexibility index (Phi) is 4.13. The third kappa shape index (κ3) is 2.90. The van der Waals surface area contributed by atoms with Crippen LogP contribution < -0.4 is 0 Å². The van der Waals surface area contributed by atoms with Crippen LogP contribution in [0.25, 0.3) is 5.70 Å². The molecule has 0 radical (unpaired) electrons. The highest BCUT2D eigenvalue weighted by atomic mass is 16.6. The topological polar surface area (TPSA) is 114 Å². The Labute approximate surface area is 101 Å². The third-order valence-corrected chi connectivity index (χ3v) is 1.88. The number of ether oxygens (including phenoxy) is 2. The minimum absolute atomic E-state index is 0.245. The van der Waals surface area contributed by atoms with Gasteiger partial charge < -0.3 is 19.6 Å². The molecule has 9 nitrogen and oxygen atoms in total. The van der Waals surface area contributed by atoms with E-state index in [1.165, 1.54) is 0 Å². The average molecular weight is 255 g/mol. The average Bonchev–Trinajstić information content (AvgIpc) is 2.84. The van der Waals surface area contributed by atoms with Gasteiger partial charge in [-0.1, -0.05) is 0 Å². The fourth-order valence-corrected chi connectivity index (χ4v) is 1.05. The summed E-state index contributed by atoms with van der Waals surface area (Å²) in [5, 5.41) is 10.5. The molecule has 0 aliphatic rings. The summed E-state index contributed by atoms with van der Waals surface area (Å²) >= 11 is 0.